The predicted molar refractivity (Wildman–Crippen MR) is 78.9 cm³/mol. The molecule has 98 valence electrons. The van der Waals surface area contributed by atoms with E-state index in [1.807, 2.05) is 17.4 Å². The number of thiophene rings is 1. The molecule has 0 aliphatic carbocycles. The molecular formula is C15H14ClNOS. The molecule has 0 spiro atoms. The van der Waals surface area contributed by atoms with Crippen molar-refractivity contribution in [3.05, 3.63) is 50.7 Å². The van der Waals surface area contributed by atoms with Gasteiger partial charge in [-0.15, -0.1) is 11.3 Å². The average Bonchev–Trinajstić information content (AvgIpc) is 2.94. The summed E-state index contributed by atoms with van der Waals surface area (Å²) in [6.07, 6.45) is 2.32. The molecule has 0 amide bonds. The first-order valence-corrected chi connectivity index (χ1v) is 7.76. The number of fused-ring (bicyclic) bond motifs is 4. The zero-order valence-electron chi connectivity index (χ0n) is 10.6. The van der Waals surface area contributed by atoms with Crippen LogP contribution in [0.3, 0.4) is 0 Å². The Balaban J connectivity index is 1.79. The van der Waals surface area contributed by atoms with Crippen LogP contribution < -0.4 is 5.06 Å². The molecule has 1 aromatic carbocycles. The lowest BCUT2D eigenvalue weighted by Gasteiger charge is -2.30. The van der Waals surface area contributed by atoms with Gasteiger partial charge >= 0.3 is 0 Å². The second-order valence-corrected chi connectivity index (χ2v) is 6.63. The third-order valence-corrected chi connectivity index (χ3v) is 5.32. The van der Waals surface area contributed by atoms with Crippen molar-refractivity contribution >= 4 is 28.6 Å². The van der Waals surface area contributed by atoms with E-state index < -0.39 is 0 Å². The van der Waals surface area contributed by atoms with Gasteiger partial charge in [0.05, 0.1) is 17.8 Å². The first kappa shape index (κ1) is 11.8. The Hall–Kier alpha value is -1.03. The smallest absolute Gasteiger partial charge is 0.0935 e. The number of hydroxylamine groups is 1. The van der Waals surface area contributed by atoms with Crippen LogP contribution in [0.1, 0.15) is 28.5 Å². The van der Waals surface area contributed by atoms with Gasteiger partial charge in [-0.3, -0.25) is 4.84 Å². The summed E-state index contributed by atoms with van der Waals surface area (Å²) in [5.74, 6) is 0. The second kappa shape index (κ2) is 4.23. The van der Waals surface area contributed by atoms with Crippen LogP contribution >= 0.6 is 22.9 Å². The molecule has 2 aliphatic rings. The third kappa shape index (κ3) is 1.80. The molecule has 4 heteroatoms. The molecule has 1 saturated heterocycles. The van der Waals surface area contributed by atoms with Crippen LogP contribution in [0.5, 0.6) is 0 Å². The van der Waals surface area contributed by atoms with Gasteiger partial charge in [0.1, 0.15) is 0 Å². The maximum atomic E-state index is 6.10. The van der Waals surface area contributed by atoms with Crippen LogP contribution in [0.25, 0.3) is 0 Å². The van der Waals surface area contributed by atoms with Crippen LogP contribution in [0.4, 0.5) is 5.69 Å². The molecule has 0 radical (unpaired) electrons. The van der Waals surface area contributed by atoms with Crippen LogP contribution in [0.2, 0.25) is 5.02 Å². The quantitative estimate of drug-likeness (QED) is 0.766. The molecule has 0 N–H and O–H groups in total. The highest BCUT2D eigenvalue weighted by atomic mass is 35.5. The largest absolute Gasteiger partial charge is 0.269 e. The normalized spacial score (nSPS) is 24.6. The van der Waals surface area contributed by atoms with Crippen molar-refractivity contribution in [2.24, 2.45) is 0 Å². The van der Waals surface area contributed by atoms with E-state index in [1.165, 1.54) is 21.7 Å². The number of benzene rings is 1. The van der Waals surface area contributed by atoms with Gasteiger partial charge in [0.15, 0.2) is 0 Å². The Morgan fingerprint density at radius 3 is 3.05 bits per heavy atom. The van der Waals surface area contributed by atoms with E-state index in [9.17, 15) is 0 Å². The number of hydrogen-bond acceptors (Lipinski definition) is 3. The zero-order chi connectivity index (χ0) is 13.0. The average molecular weight is 292 g/mol. The highest BCUT2D eigenvalue weighted by molar-refractivity contribution is 7.10. The summed E-state index contributed by atoms with van der Waals surface area (Å²) in [5.41, 5.74) is 3.85. The lowest BCUT2D eigenvalue weighted by molar-refractivity contribution is 0.0735. The monoisotopic (exact) mass is 291 g/mol. The van der Waals surface area contributed by atoms with Gasteiger partial charge in [-0.25, -0.2) is 5.06 Å². The highest BCUT2D eigenvalue weighted by Gasteiger charge is 2.41. The van der Waals surface area contributed by atoms with Crippen molar-refractivity contribution in [3.63, 3.8) is 0 Å². The van der Waals surface area contributed by atoms with Gasteiger partial charge in [0.2, 0.25) is 0 Å². The van der Waals surface area contributed by atoms with Gasteiger partial charge in [-0.2, -0.15) is 0 Å². The van der Waals surface area contributed by atoms with Crippen molar-refractivity contribution in [3.8, 4) is 0 Å². The second-order valence-electron chi connectivity index (χ2n) is 5.25. The summed E-state index contributed by atoms with van der Waals surface area (Å²) in [4.78, 5) is 7.47. The van der Waals surface area contributed by atoms with Gasteiger partial charge in [-0.1, -0.05) is 11.6 Å². The molecule has 4 rings (SSSR count). The van der Waals surface area contributed by atoms with Crippen LogP contribution in [-0.4, -0.2) is 6.10 Å². The Morgan fingerprint density at radius 2 is 2.26 bits per heavy atom. The molecule has 2 atom stereocenters. The van der Waals surface area contributed by atoms with E-state index in [1.54, 1.807) is 0 Å². The van der Waals surface area contributed by atoms with Crippen molar-refractivity contribution in [1.82, 2.24) is 0 Å². The van der Waals surface area contributed by atoms with E-state index in [0.29, 0.717) is 6.04 Å². The van der Waals surface area contributed by atoms with Gasteiger partial charge < -0.3 is 0 Å². The van der Waals surface area contributed by atoms with Crippen molar-refractivity contribution in [2.45, 2.75) is 31.9 Å². The predicted octanol–water partition coefficient (Wildman–Crippen LogP) is 4.52. The fourth-order valence-corrected chi connectivity index (χ4v) is 4.30. The molecule has 2 nitrogen and oxygen atoms in total. The van der Waals surface area contributed by atoms with E-state index in [4.69, 9.17) is 16.4 Å². The van der Waals surface area contributed by atoms with Gasteiger partial charge in [-0.05, 0) is 47.7 Å². The molecule has 0 unspecified atom stereocenters. The Bertz CT molecular complexity index is 639. The lowest BCUT2D eigenvalue weighted by Crippen LogP contribution is -2.27. The van der Waals surface area contributed by atoms with E-state index in [-0.39, 0.29) is 6.10 Å². The maximum Gasteiger partial charge on any atom is 0.0935 e. The van der Waals surface area contributed by atoms with Gasteiger partial charge in [0.25, 0.3) is 0 Å². The number of nitrogens with zero attached hydrogens (tertiary/aromatic N) is 1. The molecule has 2 bridgehead atoms. The molecular weight excluding hydrogens is 278 g/mol. The Morgan fingerprint density at radius 1 is 1.37 bits per heavy atom. The number of halogens is 1. The lowest BCUT2D eigenvalue weighted by atomic mass is 10.0. The summed E-state index contributed by atoms with van der Waals surface area (Å²) >= 11 is 7.92. The van der Waals surface area contributed by atoms with Gasteiger partial charge in [0, 0.05) is 22.7 Å². The first-order chi connectivity index (χ1) is 9.22. The van der Waals surface area contributed by atoms with E-state index >= 15 is 0 Å². The molecule has 1 fully saturated rings. The zero-order valence-corrected chi connectivity index (χ0v) is 12.2. The Labute approximate surface area is 121 Å². The molecule has 2 aromatic rings. The summed E-state index contributed by atoms with van der Waals surface area (Å²) < 4.78 is 0. The van der Waals surface area contributed by atoms with Crippen LogP contribution in [-0.2, 0) is 11.3 Å². The van der Waals surface area contributed by atoms with Crippen molar-refractivity contribution in [2.75, 3.05) is 5.06 Å². The van der Waals surface area contributed by atoms with Crippen molar-refractivity contribution < 1.29 is 4.84 Å². The van der Waals surface area contributed by atoms with E-state index in [0.717, 1.165) is 17.9 Å². The van der Waals surface area contributed by atoms with E-state index in [2.05, 4.69) is 35.6 Å². The number of aryl methyl sites for hydroxylation is 1. The van der Waals surface area contributed by atoms with Crippen LogP contribution in [0.15, 0.2) is 29.6 Å². The van der Waals surface area contributed by atoms with Crippen LogP contribution in [0, 0.1) is 6.92 Å². The highest BCUT2D eigenvalue weighted by Crippen LogP contribution is 2.47. The fraction of sp³-hybridized carbons (Fsp3) is 0.333. The minimum Gasteiger partial charge on any atom is -0.269 e. The molecule has 0 saturated carbocycles. The number of rotatable bonds is 1. The SMILES string of the molecule is Cc1ccsc1[C@@H]1C[C@H]2Cc3cc(Cl)ccc3N1O2. The number of anilines is 1. The van der Waals surface area contributed by atoms with Crippen molar-refractivity contribution in [1.29, 1.82) is 0 Å². The minimum absolute atomic E-state index is 0.289. The summed E-state index contributed by atoms with van der Waals surface area (Å²) in [6, 6.07) is 8.64. The topological polar surface area (TPSA) is 12.5 Å². The first-order valence-electron chi connectivity index (χ1n) is 6.51. The fourth-order valence-electron chi connectivity index (χ4n) is 3.08. The summed E-state index contributed by atoms with van der Waals surface area (Å²) in [6.45, 7) is 2.18. The summed E-state index contributed by atoms with van der Waals surface area (Å²) in [5, 5.41) is 5.07. The maximum absolute atomic E-state index is 6.10. The Kier molecular flexibility index (Phi) is 2.62. The molecule has 3 heterocycles. The molecule has 1 aromatic heterocycles. The third-order valence-electron chi connectivity index (χ3n) is 3.96. The molecule has 19 heavy (non-hydrogen) atoms. The molecule has 2 aliphatic heterocycles. The minimum atomic E-state index is 0.289. The summed E-state index contributed by atoms with van der Waals surface area (Å²) in [7, 11) is 0. The standard InChI is InChI=1S/C15H14ClNOS/c1-9-4-5-19-15(9)14-8-12-7-10-6-11(16)2-3-13(10)17(14)18-12/h2-6,12,14H,7-8H2,1H3/t12-,14+/m1/s1. The number of hydrogen-bond donors (Lipinski definition) is 0.